The SMILES string of the molecule is CC[C@@H]1CN2CC[C@H]1C[C@@H]2[C@H](Oc1nnc(O[C@H](c2ccnc3ccc(OC)cc23)[C@@H]2C[C@H]3CCN2C[C@@H]3CC)c2ccccc12)c1ccnc2ccc(OC)cc12. The van der Waals surface area contributed by atoms with Crippen molar-refractivity contribution in [1.82, 2.24) is 30.0 Å². The Morgan fingerprint density at radius 3 is 1.47 bits per heavy atom. The number of benzene rings is 3. The molecule has 3 aromatic carbocycles. The van der Waals surface area contributed by atoms with Crippen LogP contribution < -0.4 is 18.9 Å². The zero-order valence-electron chi connectivity index (χ0n) is 34.1. The number of piperidine rings is 6. The maximum atomic E-state index is 7.30. The Morgan fingerprint density at radius 1 is 0.603 bits per heavy atom. The molecule has 10 nitrogen and oxygen atoms in total. The van der Waals surface area contributed by atoms with E-state index >= 15 is 0 Å². The number of aromatic nitrogens is 4. The maximum Gasteiger partial charge on any atom is 0.242 e. The number of hydrogen-bond donors (Lipinski definition) is 0. The number of ether oxygens (including phenoxy) is 4. The van der Waals surface area contributed by atoms with Gasteiger partial charge in [0, 0.05) is 47.4 Å². The van der Waals surface area contributed by atoms with Crippen molar-refractivity contribution in [2.45, 2.75) is 76.7 Å². The van der Waals surface area contributed by atoms with Crippen LogP contribution in [0.3, 0.4) is 0 Å². The van der Waals surface area contributed by atoms with Gasteiger partial charge < -0.3 is 18.9 Å². The minimum atomic E-state index is -0.300. The fourth-order valence-corrected chi connectivity index (χ4v) is 11.1. The summed E-state index contributed by atoms with van der Waals surface area (Å²) in [5.74, 6) is 5.39. The average Bonchev–Trinajstić information content (AvgIpc) is 3.29. The van der Waals surface area contributed by atoms with Crippen molar-refractivity contribution >= 4 is 32.6 Å². The second-order valence-electron chi connectivity index (χ2n) is 17.0. The van der Waals surface area contributed by atoms with E-state index in [2.05, 4.69) is 72.2 Å². The fourth-order valence-electron chi connectivity index (χ4n) is 11.1. The smallest absolute Gasteiger partial charge is 0.242 e. The summed E-state index contributed by atoms with van der Waals surface area (Å²) >= 11 is 0. The molecule has 300 valence electrons. The molecule has 0 saturated carbocycles. The van der Waals surface area contributed by atoms with Gasteiger partial charge in [-0.1, -0.05) is 38.8 Å². The van der Waals surface area contributed by atoms with Gasteiger partial charge in [-0.2, -0.15) is 0 Å². The second-order valence-corrected chi connectivity index (χ2v) is 17.0. The van der Waals surface area contributed by atoms with Gasteiger partial charge in [0.2, 0.25) is 11.8 Å². The van der Waals surface area contributed by atoms with Gasteiger partial charge in [-0.25, -0.2) is 0 Å². The van der Waals surface area contributed by atoms with Gasteiger partial charge in [0.1, 0.15) is 23.7 Å². The van der Waals surface area contributed by atoms with Crippen molar-refractivity contribution in [3.8, 4) is 23.3 Å². The molecular weight excluding hydrogens is 725 g/mol. The highest BCUT2D eigenvalue weighted by atomic mass is 16.5. The van der Waals surface area contributed by atoms with Crippen LogP contribution in [0.5, 0.6) is 23.3 Å². The molecule has 9 heterocycles. The molecule has 10 atom stereocenters. The summed E-state index contributed by atoms with van der Waals surface area (Å²) in [5.41, 5.74) is 4.01. The summed E-state index contributed by atoms with van der Waals surface area (Å²) in [6.45, 7) is 9.00. The molecule has 10 heteroatoms. The van der Waals surface area contributed by atoms with Crippen molar-refractivity contribution in [1.29, 1.82) is 0 Å². The molecule has 12 rings (SSSR count). The van der Waals surface area contributed by atoms with Crippen LogP contribution in [0.25, 0.3) is 32.6 Å². The summed E-state index contributed by atoms with van der Waals surface area (Å²) in [5, 5.41) is 13.7. The number of hydrogen-bond acceptors (Lipinski definition) is 10. The van der Waals surface area contributed by atoms with Gasteiger partial charge in [0.25, 0.3) is 0 Å². The predicted molar refractivity (Wildman–Crippen MR) is 227 cm³/mol. The molecule has 2 unspecified atom stereocenters. The largest absolute Gasteiger partial charge is 0.497 e. The molecule has 0 amide bonds. The first-order valence-electron chi connectivity index (χ1n) is 21.5. The molecule has 6 saturated heterocycles. The number of nitrogens with zero attached hydrogens (tertiary/aromatic N) is 6. The van der Waals surface area contributed by atoms with Crippen LogP contribution in [0.15, 0.2) is 85.2 Å². The summed E-state index contributed by atoms with van der Waals surface area (Å²) in [6, 6.07) is 25.1. The normalized spacial score (nSPS) is 27.4. The highest BCUT2D eigenvalue weighted by molar-refractivity contribution is 5.91. The Bertz CT molecular complexity index is 2280. The lowest BCUT2D eigenvalue weighted by Gasteiger charge is -2.52. The third-order valence-corrected chi connectivity index (χ3v) is 14.3. The molecule has 6 aliphatic heterocycles. The van der Waals surface area contributed by atoms with Crippen LogP contribution in [-0.4, -0.2) is 82.4 Å². The van der Waals surface area contributed by atoms with E-state index in [-0.39, 0.29) is 24.3 Å². The Labute approximate surface area is 340 Å². The van der Waals surface area contributed by atoms with Gasteiger partial charge in [-0.3, -0.25) is 19.8 Å². The van der Waals surface area contributed by atoms with E-state index in [9.17, 15) is 0 Å². The maximum absolute atomic E-state index is 7.30. The van der Waals surface area contributed by atoms with Crippen LogP contribution in [0.1, 0.15) is 75.7 Å². The lowest BCUT2D eigenvalue weighted by molar-refractivity contribution is -0.0505. The Balaban J connectivity index is 1.06. The molecule has 6 aliphatic rings. The van der Waals surface area contributed by atoms with E-state index in [0.717, 1.165) is 94.2 Å². The Morgan fingerprint density at radius 2 is 1.07 bits per heavy atom. The van der Waals surface area contributed by atoms with Gasteiger partial charge in [-0.05, 0) is 123 Å². The topological polar surface area (TPSA) is 95.0 Å². The fraction of sp³-hybridized carbons (Fsp3) is 0.458. The third kappa shape index (κ3) is 6.58. The van der Waals surface area contributed by atoms with Crippen molar-refractivity contribution in [3.05, 3.63) is 96.3 Å². The minimum Gasteiger partial charge on any atom is -0.497 e. The van der Waals surface area contributed by atoms with Gasteiger partial charge in [-0.15, -0.1) is 10.2 Å². The van der Waals surface area contributed by atoms with E-state index in [1.165, 1.54) is 25.7 Å². The second kappa shape index (κ2) is 15.6. The molecular formula is C48H54N6O4. The summed E-state index contributed by atoms with van der Waals surface area (Å²) in [6.07, 6.45) is 10.2. The van der Waals surface area contributed by atoms with E-state index in [0.29, 0.717) is 35.4 Å². The molecule has 6 fully saturated rings. The van der Waals surface area contributed by atoms with E-state index in [1.54, 1.807) is 14.2 Å². The standard InChI is InChI=1S/C48H54N6O4/c1-5-29-27-53-21-17-31(29)23-43(53)45(35-15-19-49-41-13-11-33(55-3)25-39(35)41)57-47-37-9-7-8-10-38(37)48(52-51-47)58-46(44-24-32-18-22-54(44)28-30(32)6-2)36-16-20-50-42-14-12-34(56-4)26-40(36)42/h7-16,19-20,25-26,29-32,43-46H,5-6,17-18,21-24,27-28H2,1-4H3/t29-,30+,31+,32-,43-,44+,45-,46-/m1/s1. The van der Waals surface area contributed by atoms with E-state index < -0.39 is 0 Å². The molecule has 3 aromatic heterocycles. The van der Waals surface area contributed by atoms with Gasteiger partial charge >= 0.3 is 0 Å². The quantitative estimate of drug-likeness (QED) is 0.120. The summed E-state index contributed by atoms with van der Waals surface area (Å²) < 4.78 is 26.0. The van der Waals surface area contributed by atoms with Crippen LogP contribution in [-0.2, 0) is 0 Å². The molecule has 0 aliphatic carbocycles. The molecule has 6 aromatic rings. The van der Waals surface area contributed by atoms with Crippen molar-refractivity contribution in [2.24, 2.45) is 23.7 Å². The number of fused-ring (bicyclic) bond motifs is 9. The van der Waals surface area contributed by atoms with Crippen LogP contribution in [0.2, 0.25) is 0 Å². The highest BCUT2D eigenvalue weighted by Gasteiger charge is 2.46. The van der Waals surface area contributed by atoms with Crippen molar-refractivity contribution in [2.75, 3.05) is 40.4 Å². The summed E-state index contributed by atoms with van der Waals surface area (Å²) in [7, 11) is 3.42. The molecule has 58 heavy (non-hydrogen) atoms. The van der Waals surface area contributed by atoms with Crippen LogP contribution >= 0.6 is 0 Å². The van der Waals surface area contributed by atoms with Crippen molar-refractivity contribution < 1.29 is 18.9 Å². The van der Waals surface area contributed by atoms with Crippen LogP contribution in [0.4, 0.5) is 0 Å². The number of methoxy groups -OCH3 is 2. The van der Waals surface area contributed by atoms with Crippen molar-refractivity contribution in [3.63, 3.8) is 0 Å². The first-order chi connectivity index (χ1) is 28.5. The van der Waals surface area contributed by atoms with E-state index in [1.807, 2.05) is 36.7 Å². The molecule has 0 spiro atoms. The van der Waals surface area contributed by atoms with E-state index in [4.69, 9.17) is 39.1 Å². The first-order valence-corrected chi connectivity index (χ1v) is 21.5. The monoisotopic (exact) mass is 778 g/mol. The Hall–Kier alpha value is -5.06. The number of pyridine rings is 2. The lowest BCUT2D eigenvalue weighted by Crippen LogP contribution is -2.56. The highest BCUT2D eigenvalue weighted by Crippen LogP contribution is 2.47. The molecule has 0 N–H and O–H groups in total. The zero-order chi connectivity index (χ0) is 39.3. The molecule has 4 bridgehead atoms. The molecule has 0 radical (unpaired) electrons. The first kappa shape index (κ1) is 37.2. The number of rotatable bonds is 12. The van der Waals surface area contributed by atoms with Crippen LogP contribution in [0, 0.1) is 23.7 Å². The average molecular weight is 779 g/mol. The third-order valence-electron chi connectivity index (χ3n) is 14.3. The Kier molecular flexibility index (Phi) is 10.0. The summed E-state index contributed by atoms with van der Waals surface area (Å²) in [4.78, 5) is 14.8. The van der Waals surface area contributed by atoms with Gasteiger partial charge in [0.05, 0.1) is 48.1 Å². The lowest BCUT2D eigenvalue weighted by atomic mass is 9.72. The minimum absolute atomic E-state index is 0.180. The zero-order valence-corrected chi connectivity index (χ0v) is 34.1. The predicted octanol–water partition coefficient (Wildman–Crippen LogP) is 9.22. The van der Waals surface area contributed by atoms with Gasteiger partial charge in [0.15, 0.2) is 0 Å².